The molecule has 1 heterocycles. The third kappa shape index (κ3) is 4.09. The number of thioether (sulfide) groups is 1. The average Bonchev–Trinajstić information content (AvgIpc) is 3.03. The lowest BCUT2D eigenvalue weighted by molar-refractivity contribution is 0.415. The number of rotatable bonds is 7. The molecule has 4 nitrogen and oxygen atoms in total. The second-order valence-electron chi connectivity index (χ2n) is 5.36. The molecule has 0 radical (unpaired) electrons. The van der Waals surface area contributed by atoms with Crippen molar-refractivity contribution in [1.29, 1.82) is 0 Å². The zero-order valence-electron chi connectivity index (χ0n) is 13.9. The molecule has 0 saturated carbocycles. The number of ether oxygens (including phenoxy) is 1. The third-order valence-electron chi connectivity index (χ3n) is 3.61. The Morgan fingerprint density at radius 1 is 1.20 bits per heavy atom. The van der Waals surface area contributed by atoms with Crippen LogP contribution < -0.4 is 4.74 Å². The highest BCUT2D eigenvalue weighted by Gasteiger charge is 2.14. The predicted octanol–water partition coefficient (Wildman–Crippen LogP) is 4.57. The molecule has 1 aromatic heterocycles. The van der Waals surface area contributed by atoms with E-state index in [4.69, 9.17) is 4.74 Å². The van der Waals surface area contributed by atoms with Gasteiger partial charge in [0.15, 0.2) is 11.0 Å². The monoisotopic (exact) mass is 355 g/mol. The van der Waals surface area contributed by atoms with E-state index < -0.39 is 0 Å². The van der Waals surface area contributed by atoms with Crippen LogP contribution in [0.15, 0.2) is 66.3 Å². The summed E-state index contributed by atoms with van der Waals surface area (Å²) in [5, 5.41) is 9.39. The van der Waals surface area contributed by atoms with Gasteiger partial charge in [-0.15, -0.1) is 16.8 Å². The molecule has 3 rings (SSSR count). The lowest BCUT2D eigenvalue weighted by Gasteiger charge is -2.09. The Labute approximate surface area is 150 Å². The quantitative estimate of drug-likeness (QED) is 0.460. The number of allylic oxidation sites excluding steroid dienone is 1. The number of hydrogen-bond donors (Lipinski definition) is 0. The van der Waals surface area contributed by atoms with Crippen molar-refractivity contribution in [2.45, 2.75) is 17.5 Å². The van der Waals surface area contributed by atoms with Gasteiger partial charge in [0.25, 0.3) is 0 Å². The van der Waals surface area contributed by atoms with E-state index >= 15 is 0 Å². The molecule has 0 N–H and O–H groups in total. The van der Waals surface area contributed by atoms with Crippen LogP contribution in [0.2, 0.25) is 0 Å². The van der Waals surface area contributed by atoms with E-state index in [1.54, 1.807) is 19.3 Å². The molecule has 0 bridgehead atoms. The fourth-order valence-electron chi connectivity index (χ4n) is 2.44. The molecule has 0 amide bonds. The van der Waals surface area contributed by atoms with Gasteiger partial charge < -0.3 is 4.74 Å². The van der Waals surface area contributed by atoms with Crippen molar-refractivity contribution in [2.24, 2.45) is 0 Å². The molecule has 3 aromatic rings. The first-order chi connectivity index (χ1) is 12.2. The van der Waals surface area contributed by atoms with Gasteiger partial charge >= 0.3 is 0 Å². The first kappa shape index (κ1) is 17.2. The molecular weight excluding hydrogens is 337 g/mol. The molecule has 0 saturated heterocycles. The molecule has 2 aromatic carbocycles. The van der Waals surface area contributed by atoms with Gasteiger partial charge in [0.05, 0.1) is 7.11 Å². The number of nitrogens with zero attached hydrogens (tertiary/aromatic N) is 3. The average molecular weight is 355 g/mol. The van der Waals surface area contributed by atoms with Gasteiger partial charge in [-0.05, 0) is 29.8 Å². The van der Waals surface area contributed by atoms with E-state index in [0.717, 1.165) is 27.9 Å². The standard InChI is InChI=1S/C19H18FN3OS/c1-3-10-23-18(15-7-5-9-17(12-15)24-2)21-22-19(23)25-13-14-6-4-8-16(20)11-14/h3-9,11-12H,1,10,13H2,2H3. The van der Waals surface area contributed by atoms with Crippen LogP contribution in [0.25, 0.3) is 11.4 Å². The first-order valence-corrected chi connectivity index (χ1v) is 8.75. The summed E-state index contributed by atoms with van der Waals surface area (Å²) >= 11 is 1.52. The Balaban J connectivity index is 1.87. The number of benzene rings is 2. The number of methoxy groups -OCH3 is 1. The molecule has 0 spiro atoms. The molecule has 0 unspecified atom stereocenters. The summed E-state index contributed by atoms with van der Waals surface area (Å²) in [5.74, 6) is 1.90. The van der Waals surface area contributed by atoms with E-state index in [9.17, 15) is 4.39 Å². The highest BCUT2D eigenvalue weighted by atomic mass is 32.2. The lowest BCUT2D eigenvalue weighted by Crippen LogP contribution is -2.01. The normalized spacial score (nSPS) is 10.6. The summed E-state index contributed by atoms with van der Waals surface area (Å²) in [5.41, 5.74) is 1.83. The topological polar surface area (TPSA) is 39.9 Å². The maximum atomic E-state index is 13.3. The van der Waals surface area contributed by atoms with E-state index in [1.807, 2.05) is 34.9 Å². The molecule has 25 heavy (non-hydrogen) atoms. The fourth-order valence-corrected chi connectivity index (χ4v) is 3.33. The summed E-state index contributed by atoms with van der Waals surface area (Å²) in [6.07, 6.45) is 1.80. The Morgan fingerprint density at radius 2 is 2.04 bits per heavy atom. The van der Waals surface area contributed by atoms with Gasteiger partial charge in [-0.2, -0.15) is 0 Å². The first-order valence-electron chi connectivity index (χ1n) is 7.77. The molecule has 6 heteroatoms. The van der Waals surface area contributed by atoms with Crippen molar-refractivity contribution in [1.82, 2.24) is 14.8 Å². The van der Waals surface area contributed by atoms with Gasteiger partial charge in [-0.3, -0.25) is 4.57 Å². The van der Waals surface area contributed by atoms with Crippen LogP contribution >= 0.6 is 11.8 Å². The SMILES string of the molecule is C=CCn1c(SCc2cccc(F)c2)nnc1-c1cccc(OC)c1. The van der Waals surface area contributed by atoms with Gasteiger partial charge in [0.2, 0.25) is 0 Å². The molecular formula is C19H18FN3OS. The Kier molecular flexibility index (Phi) is 5.50. The van der Waals surface area contributed by atoms with Gasteiger partial charge in [-0.25, -0.2) is 4.39 Å². The van der Waals surface area contributed by atoms with Crippen LogP contribution in [0.4, 0.5) is 4.39 Å². The summed E-state index contributed by atoms with van der Waals surface area (Å²) < 4.78 is 20.6. The summed E-state index contributed by atoms with van der Waals surface area (Å²) in [7, 11) is 1.63. The van der Waals surface area contributed by atoms with Crippen LogP contribution in [0.5, 0.6) is 5.75 Å². The molecule has 0 fully saturated rings. The number of hydrogen-bond acceptors (Lipinski definition) is 4. The Morgan fingerprint density at radius 3 is 2.80 bits per heavy atom. The summed E-state index contributed by atoms with van der Waals surface area (Å²) in [6.45, 7) is 4.40. The van der Waals surface area contributed by atoms with Crippen LogP contribution in [-0.4, -0.2) is 21.9 Å². The Bertz CT molecular complexity index is 879. The van der Waals surface area contributed by atoms with Gasteiger partial charge in [0, 0.05) is 17.9 Å². The maximum absolute atomic E-state index is 13.3. The van der Waals surface area contributed by atoms with Gasteiger partial charge in [0.1, 0.15) is 11.6 Å². The zero-order chi connectivity index (χ0) is 17.6. The largest absolute Gasteiger partial charge is 0.497 e. The van der Waals surface area contributed by atoms with E-state index in [0.29, 0.717) is 12.3 Å². The second kappa shape index (κ2) is 7.98. The van der Waals surface area contributed by atoms with Gasteiger partial charge in [-0.1, -0.05) is 42.1 Å². The molecule has 0 aliphatic rings. The lowest BCUT2D eigenvalue weighted by atomic mass is 10.2. The minimum absolute atomic E-state index is 0.234. The molecule has 0 aliphatic carbocycles. The fraction of sp³-hybridized carbons (Fsp3) is 0.158. The second-order valence-corrected chi connectivity index (χ2v) is 6.30. The van der Waals surface area contributed by atoms with E-state index in [2.05, 4.69) is 16.8 Å². The molecule has 0 aliphatic heterocycles. The molecule has 0 atom stereocenters. The van der Waals surface area contributed by atoms with Crippen molar-refractivity contribution >= 4 is 11.8 Å². The van der Waals surface area contributed by atoms with Crippen molar-refractivity contribution in [3.63, 3.8) is 0 Å². The summed E-state index contributed by atoms with van der Waals surface area (Å²) in [6, 6.07) is 14.3. The number of aromatic nitrogens is 3. The van der Waals surface area contributed by atoms with Crippen molar-refractivity contribution in [3.8, 4) is 17.1 Å². The van der Waals surface area contributed by atoms with E-state index in [-0.39, 0.29) is 5.82 Å². The van der Waals surface area contributed by atoms with E-state index in [1.165, 1.54) is 23.9 Å². The highest BCUT2D eigenvalue weighted by Crippen LogP contribution is 2.28. The number of halogens is 1. The van der Waals surface area contributed by atoms with Crippen molar-refractivity contribution < 1.29 is 9.13 Å². The smallest absolute Gasteiger partial charge is 0.192 e. The van der Waals surface area contributed by atoms with Crippen LogP contribution in [0.3, 0.4) is 0 Å². The van der Waals surface area contributed by atoms with Crippen molar-refractivity contribution in [3.05, 3.63) is 72.6 Å². The summed E-state index contributed by atoms with van der Waals surface area (Å²) in [4.78, 5) is 0. The maximum Gasteiger partial charge on any atom is 0.192 e. The predicted molar refractivity (Wildman–Crippen MR) is 98.2 cm³/mol. The van der Waals surface area contributed by atoms with Crippen LogP contribution in [-0.2, 0) is 12.3 Å². The third-order valence-corrected chi connectivity index (χ3v) is 4.65. The minimum Gasteiger partial charge on any atom is -0.497 e. The minimum atomic E-state index is -0.234. The highest BCUT2D eigenvalue weighted by molar-refractivity contribution is 7.98. The Hall–Kier alpha value is -2.60. The zero-order valence-corrected chi connectivity index (χ0v) is 14.7. The molecule has 128 valence electrons. The van der Waals surface area contributed by atoms with Crippen LogP contribution in [0, 0.1) is 5.82 Å². The van der Waals surface area contributed by atoms with Crippen molar-refractivity contribution in [2.75, 3.05) is 7.11 Å². The van der Waals surface area contributed by atoms with Crippen LogP contribution in [0.1, 0.15) is 5.56 Å².